The summed E-state index contributed by atoms with van der Waals surface area (Å²) in [4.78, 5) is 28.2. The Kier molecular flexibility index (Phi) is 3.03. The molecule has 2 bridgehead atoms. The van der Waals surface area contributed by atoms with Gasteiger partial charge in [-0.05, 0) is 46.5 Å². The maximum atomic E-state index is 13.5. The third-order valence-electron chi connectivity index (χ3n) is 6.53. The van der Waals surface area contributed by atoms with Gasteiger partial charge in [-0.25, -0.2) is 9.29 Å². The van der Waals surface area contributed by atoms with Gasteiger partial charge in [-0.2, -0.15) is 0 Å². The first-order chi connectivity index (χ1) is 13.7. The van der Waals surface area contributed by atoms with Crippen molar-refractivity contribution < 1.29 is 14.0 Å². The molecule has 3 aromatic carbocycles. The van der Waals surface area contributed by atoms with E-state index in [1.165, 1.54) is 29.2 Å². The van der Waals surface area contributed by atoms with Crippen LogP contribution in [0, 0.1) is 17.7 Å². The molecule has 2 atom stereocenters. The molecule has 1 fully saturated rings. The first-order valence-corrected chi connectivity index (χ1v) is 9.48. The van der Waals surface area contributed by atoms with Crippen molar-refractivity contribution in [2.24, 2.45) is 11.8 Å². The Bertz CT molecular complexity index is 1040. The highest BCUT2D eigenvalue weighted by Crippen LogP contribution is 2.61. The van der Waals surface area contributed by atoms with Crippen LogP contribution in [-0.2, 0) is 9.59 Å². The quantitative estimate of drug-likeness (QED) is 0.602. The number of halogens is 1. The molecule has 0 N–H and O–H groups in total. The van der Waals surface area contributed by atoms with Gasteiger partial charge in [-0.1, -0.05) is 48.5 Å². The number of hydrogen-bond acceptors (Lipinski definition) is 2. The lowest BCUT2D eigenvalue weighted by Gasteiger charge is -2.45. The number of nitrogens with zero attached hydrogens (tertiary/aromatic N) is 1. The van der Waals surface area contributed by atoms with Crippen LogP contribution in [0.15, 0.2) is 72.8 Å². The van der Waals surface area contributed by atoms with Crippen LogP contribution in [0.25, 0.3) is 0 Å². The van der Waals surface area contributed by atoms with E-state index in [0.717, 1.165) is 22.3 Å². The van der Waals surface area contributed by atoms with Crippen molar-refractivity contribution in [2.75, 3.05) is 4.90 Å². The zero-order chi connectivity index (χ0) is 19.0. The molecular weight excluding hydrogens is 353 g/mol. The number of carbonyl (C=O) groups excluding carboxylic acids is 2. The first kappa shape index (κ1) is 15.8. The average Bonchev–Trinajstić information content (AvgIpc) is 3.00. The van der Waals surface area contributed by atoms with Crippen LogP contribution in [0.1, 0.15) is 34.1 Å². The second kappa shape index (κ2) is 5.38. The van der Waals surface area contributed by atoms with Crippen molar-refractivity contribution >= 4 is 17.5 Å². The van der Waals surface area contributed by atoms with E-state index in [-0.39, 0.29) is 29.5 Å². The monoisotopic (exact) mass is 369 g/mol. The van der Waals surface area contributed by atoms with Crippen molar-refractivity contribution in [3.8, 4) is 0 Å². The Morgan fingerprint density at radius 3 is 1.39 bits per heavy atom. The van der Waals surface area contributed by atoms with E-state index in [1.54, 1.807) is 0 Å². The summed E-state index contributed by atoms with van der Waals surface area (Å²) in [6.45, 7) is 0. The smallest absolute Gasteiger partial charge is 0.238 e. The fourth-order valence-corrected chi connectivity index (χ4v) is 5.52. The van der Waals surface area contributed by atoms with Crippen LogP contribution in [0.2, 0.25) is 0 Å². The van der Waals surface area contributed by atoms with Crippen molar-refractivity contribution in [1.29, 1.82) is 0 Å². The van der Waals surface area contributed by atoms with Crippen LogP contribution in [0.5, 0.6) is 0 Å². The van der Waals surface area contributed by atoms with E-state index < -0.39 is 11.8 Å². The van der Waals surface area contributed by atoms with Crippen LogP contribution in [0.4, 0.5) is 10.1 Å². The minimum absolute atomic E-state index is 0.121. The molecule has 3 nitrogen and oxygen atoms in total. The molecule has 2 unspecified atom stereocenters. The zero-order valence-electron chi connectivity index (χ0n) is 14.9. The zero-order valence-corrected chi connectivity index (χ0v) is 14.9. The predicted molar refractivity (Wildman–Crippen MR) is 102 cm³/mol. The maximum absolute atomic E-state index is 13.5. The summed E-state index contributed by atoms with van der Waals surface area (Å²) in [7, 11) is 0. The van der Waals surface area contributed by atoms with Crippen molar-refractivity contribution in [3.63, 3.8) is 0 Å². The van der Waals surface area contributed by atoms with E-state index in [4.69, 9.17) is 0 Å². The van der Waals surface area contributed by atoms with Gasteiger partial charge in [-0.15, -0.1) is 0 Å². The molecule has 136 valence electrons. The molecule has 1 heterocycles. The Balaban J connectivity index is 1.57. The Morgan fingerprint density at radius 1 is 0.607 bits per heavy atom. The second-order valence-electron chi connectivity index (χ2n) is 7.75. The van der Waals surface area contributed by atoms with Gasteiger partial charge in [0.1, 0.15) is 5.82 Å². The van der Waals surface area contributed by atoms with Gasteiger partial charge in [0.05, 0.1) is 17.5 Å². The van der Waals surface area contributed by atoms with Crippen LogP contribution < -0.4 is 4.90 Å². The normalized spacial score (nSPS) is 26.8. The van der Waals surface area contributed by atoms with Crippen molar-refractivity contribution in [3.05, 3.63) is 101 Å². The minimum Gasteiger partial charge on any atom is -0.274 e. The minimum atomic E-state index is -0.410. The van der Waals surface area contributed by atoms with E-state index in [1.807, 2.05) is 24.3 Å². The molecule has 1 saturated heterocycles. The molecule has 28 heavy (non-hydrogen) atoms. The predicted octanol–water partition coefficient (Wildman–Crippen LogP) is 4.22. The molecule has 0 radical (unpaired) electrons. The molecular formula is C24H16FNO2. The largest absolute Gasteiger partial charge is 0.274 e. The molecule has 0 spiro atoms. The van der Waals surface area contributed by atoms with Gasteiger partial charge in [0.15, 0.2) is 0 Å². The number of hydrogen-bond donors (Lipinski definition) is 0. The lowest BCUT2D eigenvalue weighted by molar-refractivity contribution is -0.122. The summed E-state index contributed by atoms with van der Waals surface area (Å²) in [6, 6.07) is 21.9. The van der Waals surface area contributed by atoms with Crippen molar-refractivity contribution in [1.82, 2.24) is 0 Å². The molecule has 0 aromatic heterocycles. The summed E-state index contributed by atoms with van der Waals surface area (Å²) in [5.41, 5.74) is 5.03. The third kappa shape index (κ3) is 1.82. The van der Waals surface area contributed by atoms with E-state index in [0.29, 0.717) is 5.69 Å². The summed E-state index contributed by atoms with van der Waals surface area (Å²) in [5, 5.41) is 0. The summed E-state index contributed by atoms with van der Waals surface area (Å²) < 4.78 is 13.4. The number of amides is 2. The molecule has 7 rings (SSSR count). The fraction of sp³-hybridized carbons (Fsp3) is 0.167. The lowest BCUT2D eigenvalue weighted by Crippen LogP contribution is -2.41. The molecule has 4 heteroatoms. The van der Waals surface area contributed by atoms with E-state index in [2.05, 4.69) is 24.3 Å². The standard InChI is InChI=1S/C24H16FNO2/c25-13-9-11-14(12-10-13)26-23(27)21-19-15-5-1-2-6-16(15)20(22(21)24(26)28)18-8-4-3-7-17(18)19/h1-12,19-22H. The van der Waals surface area contributed by atoms with E-state index in [9.17, 15) is 14.0 Å². The number of anilines is 1. The van der Waals surface area contributed by atoms with Crippen LogP contribution >= 0.6 is 0 Å². The fourth-order valence-electron chi connectivity index (χ4n) is 5.52. The molecule has 2 amide bonds. The Hall–Kier alpha value is -3.27. The maximum Gasteiger partial charge on any atom is 0.238 e. The van der Waals surface area contributed by atoms with E-state index >= 15 is 0 Å². The molecule has 0 saturated carbocycles. The first-order valence-electron chi connectivity index (χ1n) is 9.48. The van der Waals surface area contributed by atoms with Crippen LogP contribution in [-0.4, -0.2) is 11.8 Å². The molecule has 3 aromatic rings. The summed E-state index contributed by atoms with van der Waals surface area (Å²) in [6.07, 6.45) is 0. The summed E-state index contributed by atoms with van der Waals surface area (Å²) in [5.74, 6) is -1.81. The topological polar surface area (TPSA) is 37.4 Å². The van der Waals surface area contributed by atoms with Gasteiger partial charge in [0.25, 0.3) is 0 Å². The SMILES string of the molecule is O=C1C2C3c4ccccc4C(c4ccccc43)C2C(=O)N1c1ccc(F)cc1. The Morgan fingerprint density at radius 2 is 1.00 bits per heavy atom. The van der Waals surface area contributed by atoms with Crippen LogP contribution in [0.3, 0.4) is 0 Å². The third-order valence-corrected chi connectivity index (χ3v) is 6.53. The van der Waals surface area contributed by atoms with Gasteiger partial charge in [-0.3, -0.25) is 9.59 Å². The highest BCUT2D eigenvalue weighted by molar-refractivity contribution is 6.23. The van der Waals surface area contributed by atoms with Gasteiger partial charge in [0.2, 0.25) is 11.8 Å². The van der Waals surface area contributed by atoms with Crippen molar-refractivity contribution in [2.45, 2.75) is 11.8 Å². The lowest BCUT2D eigenvalue weighted by atomic mass is 9.55. The average molecular weight is 369 g/mol. The highest BCUT2D eigenvalue weighted by atomic mass is 19.1. The van der Waals surface area contributed by atoms with Gasteiger partial charge in [0, 0.05) is 11.8 Å². The molecule has 4 aliphatic rings. The van der Waals surface area contributed by atoms with Gasteiger partial charge >= 0.3 is 0 Å². The second-order valence-corrected chi connectivity index (χ2v) is 7.75. The Labute approximate surface area is 161 Å². The number of imide groups is 1. The number of benzene rings is 3. The highest BCUT2D eigenvalue weighted by Gasteiger charge is 2.61. The van der Waals surface area contributed by atoms with Gasteiger partial charge < -0.3 is 0 Å². The summed E-state index contributed by atoms with van der Waals surface area (Å²) >= 11 is 0. The number of carbonyl (C=O) groups is 2. The molecule has 1 aliphatic heterocycles. The molecule has 3 aliphatic carbocycles. The number of rotatable bonds is 1.